The number of hydrogen-bond donors (Lipinski definition) is 2. The number of piperidine rings is 1. The topological polar surface area (TPSA) is 94.6 Å². The largest absolute Gasteiger partial charge is 0.490 e. The molecule has 0 unspecified atom stereocenters. The van der Waals surface area contributed by atoms with Gasteiger partial charge in [-0.05, 0) is 58.0 Å². The highest BCUT2D eigenvalue weighted by Crippen LogP contribution is 2.45. The van der Waals surface area contributed by atoms with Crippen molar-refractivity contribution < 1.29 is 9.57 Å². The summed E-state index contributed by atoms with van der Waals surface area (Å²) in [7, 11) is 1.55. The van der Waals surface area contributed by atoms with Crippen LogP contribution in [0.25, 0.3) is 11.3 Å². The number of nitrogens with one attached hydrogen (secondary N) is 1. The van der Waals surface area contributed by atoms with Gasteiger partial charge in [0.1, 0.15) is 31.1 Å². The first-order chi connectivity index (χ1) is 13.0. The van der Waals surface area contributed by atoms with Crippen LogP contribution in [-0.2, 0) is 10.3 Å². The van der Waals surface area contributed by atoms with E-state index in [1.807, 2.05) is 18.2 Å². The van der Waals surface area contributed by atoms with Crippen molar-refractivity contribution in [3.05, 3.63) is 35.7 Å². The van der Waals surface area contributed by atoms with Gasteiger partial charge in [0.15, 0.2) is 0 Å². The number of aromatic nitrogens is 2. The molecule has 3 N–H and O–H groups in total. The van der Waals surface area contributed by atoms with E-state index in [0.29, 0.717) is 5.82 Å². The van der Waals surface area contributed by atoms with E-state index in [4.69, 9.17) is 15.3 Å². The molecule has 1 aliphatic carbocycles. The summed E-state index contributed by atoms with van der Waals surface area (Å²) < 4.78 is 6.23. The molecule has 1 fully saturated rings. The van der Waals surface area contributed by atoms with Crippen molar-refractivity contribution in [2.45, 2.75) is 38.2 Å². The van der Waals surface area contributed by atoms with Gasteiger partial charge in [0, 0.05) is 22.1 Å². The fraction of sp³-hybridized carbons (Fsp3) is 0.450. The van der Waals surface area contributed by atoms with Crippen LogP contribution in [0.2, 0.25) is 0 Å². The van der Waals surface area contributed by atoms with E-state index in [2.05, 4.69) is 34.3 Å². The van der Waals surface area contributed by atoms with Crippen molar-refractivity contribution in [2.24, 2.45) is 5.16 Å². The molecule has 0 amide bonds. The molecule has 2 heterocycles. The molecule has 0 bridgehead atoms. The van der Waals surface area contributed by atoms with E-state index in [0.717, 1.165) is 59.8 Å². The van der Waals surface area contributed by atoms with Crippen molar-refractivity contribution in [1.29, 1.82) is 0 Å². The molecule has 1 aromatic heterocycles. The van der Waals surface area contributed by atoms with Crippen molar-refractivity contribution >= 4 is 11.5 Å². The maximum atomic E-state index is 6.23. The summed E-state index contributed by atoms with van der Waals surface area (Å²) in [6, 6.07) is 6.06. The van der Waals surface area contributed by atoms with Crippen LogP contribution in [0.15, 0.2) is 29.7 Å². The van der Waals surface area contributed by atoms with Crippen LogP contribution in [0.1, 0.15) is 37.8 Å². The number of nitrogen functional groups attached to an aromatic ring is 1. The van der Waals surface area contributed by atoms with E-state index < -0.39 is 5.41 Å². The van der Waals surface area contributed by atoms with Crippen LogP contribution >= 0.6 is 0 Å². The third-order valence-corrected chi connectivity index (χ3v) is 5.37. The quantitative estimate of drug-likeness (QED) is 0.810. The Morgan fingerprint density at radius 2 is 1.96 bits per heavy atom. The van der Waals surface area contributed by atoms with E-state index >= 15 is 0 Å². The Kier molecular flexibility index (Phi) is 4.47. The standard InChI is InChI=1S/C20H25N5O2/c1-20(2)16-17(23-11-24-19(16)21)14-5-4-13(10-15(14)18(20)25-26-3)27-12-6-8-22-9-7-12/h4-5,10-12,22H,6-9H2,1-3H3,(H2,21,23,24)/b25-18+. The third-order valence-electron chi connectivity index (χ3n) is 5.37. The van der Waals surface area contributed by atoms with Gasteiger partial charge >= 0.3 is 0 Å². The molecular weight excluding hydrogens is 342 g/mol. The van der Waals surface area contributed by atoms with Gasteiger partial charge in [0.2, 0.25) is 0 Å². The molecule has 1 aliphatic heterocycles. The van der Waals surface area contributed by atoms with Gasteiger partial charge in [-0.1, -0.05) is 5.16 Å². The number of hydrogen-bond acceptors (Lipinski definition) is 7. The van der Waals surface area contributed by atoms with Crippen LogP contribution in [-0.4, -0.2) is 42.0 Å². The monoisotopic (exact) mass is 367 g/mol. The highest BCUT2D eigenvalue weighted by molar-refractivity contribution is 6.15. The minimum Gasteiger partial charge on any atom is -0.490 e. The van der Waals surface area contributed by atoms with E-state index in [1.54, 1.807) is 7.11 Å². The molecule has 7 nitrogen and oxygen atoms in total. The van der Waals surface area contributed by atoms with Crippen molar-refractivity contribution in [2.75, 3.05) is 25.9 Å². The summed E-state index contributed by atoms with van der Waals surface area (Å²) in [5.74, 6) is 1.31. The van der Waals surface area contributed by atoms with Crippen LogP contribution < -0.4 is 15.8 Å². The van der Waals surface area contributed by atoms with Crippen molar-refractivity contribution in [3.63, 3.8) is 0 Å². The highest BCUT2D eigenvalue weighted by atomic mass is 16.6. The molecule has 27 heavy (non-hydrogen) atoms. The van der Waals surface area contributed by atoms with Crippen LogP contribution in [0.5, 0.6) is 5.75 Å². The number of oxime groups is 1. The van der Waals surface area contributed by atoms with E-state index in [1.165, 1.54) is 6.33 Å². The predicted molar refractivity (Wildman–Crippen MR) is 105 cm³/mol. The number of anilines is 1. The molecule has 0 atom stereocenters. The summed E-state index contributed by atoms with van der Waals surface area (Å²) in [6.45, 7) is 6.10. The minimum atomic E-state index is -0.489. The molecule has 0 spiro atoms. The number of nitrogens with zero attached hydrogens (tertiary/aromatic N) is 3. The molecule has 4 rings (SSSR count). The Morgan fingerprint density at radius 1 is 1.19 bits per heavy atom. The average Bonchev–Trinajstić information content (AvgIpc) is 2.65. The zero-order chi connectivity index (χ0) is 19.0. The van der Waals surface area contributed by atoms with Crippen LogP contribution in [0.4, 0.5) is 5.82 Å². The Bertz CT molecular complexity index is 888. The van der Waals surface area contributed by atoms with Crippen LogP contribution in [0.3, 0.4) is 0 Å². The molecule has 1 aromatic carbocycles. The molecular formula is C20H25N5O2. The lowest BCUT2D eigenvalue weighted by Gasteiger charge is -2.35. The first kappa shape index (κ1) is 17.7. The third kappa shape index (κ3) is 3.02. The molecule has 1 saturated heterocycles. The van der Waals surface area contributed by atoms with Gasteiger partial charge in [0.25, 0.3) is 0 Å². The normalized spacial score (nSPS) is 20.0. The summed E-state index contributed by atoms with van der Waals surface area (Å²) in [6.07, 6.45) is 3.75. The average molecular weight is 367 g/mol. The van der Waals surface area contributed by atoms with Gasteiger partial charge in [-0.15, -0.1) is 0 Å². The highest BCUT2D eigenvalue weighted by Gasteiger charge is 2.41. The molecule has 0 radical (unpaired) electrons. The zero-order valence-corrected chi connectivity index (χ0v) is 16.0. The zero-order valence-electron chi connectivity index (χ0n) is 16.0. The Hall–Kier alpha value is -2.67. The Balaban J connectivity index is 1.83. The molecule has 0 saturated carbocycles. The summed E-state index contributed by atoms with van der Waals surface area (Å²) in [5, 5.41) is 7.71. The minimum absolute atomic E-state index is 0.231. The number of nitrogens with two attached hydrogens (primary N) is 1. The van der Waals surface area contributed by atoms with E-state index in [-0.39, 0.29) is 6.10 Å². The van der Waals surface area contributed by atoms with Crippen molar-refractivity contribution in [1.82, 2.24) is 15.3 Å². The number of benzene rings is 1. The SMILES string of the molecule is CO/N=C1\c2cc(OC3CCNCC3)ccc2-c2ncnc(N)c2C1(C)C. The number of rotatable bonds is 3. The lowest BCUT2D eigenvalue weighted by atomic mass is 9.70. The lowest BCUT2D eigenvalue weighted by molar-refractivity contribution is 0.162. The summed E-state index contributed by atoms with van der Waals surface area (Å²) in [4.78, 5) is 13.9. The molecule has 7 heteroatoms. The number of fused-ring (bicyclic) bond motifs is 3. The molecule has 2 aliphatic rings. The van der Waals surface area contributed by atoms with Gasteiger partial charge in [0.05, 0.1) is 11.4 Å². The first-order valence-electron chi connectivity index (χ1n) is 9.27. The maximum absolute atomic E-state index is 6.23. The van der Waals surface area contributed by atoms with Crippen LogP contribution in [0, 0.1) is 0 Å². The number of ether oxygens (including phenoxy) is 1. The Morgan fingerprint density at radius 3 is 2.70 bits per heavy atom. The second kappa shape index (κ2) is 6.81. The van der Waals surface area contributed by atoms with Gasteiger partial charge in [-0.2, -0.15) is 0 Å². The van der Waals surface area contributed by atoms with Gasteiger partial charge in [-0.3, -0.25) is 0 Å². The Labute approximate surface area is 159 Å². The lowest BCUT2D eigenvalue weighted by Crippen LogP contribution is -2.36. The smallest absolute Gasteiger partial charge is 0.131 e. The second-order valence-corrected chi connectivity index (χ2v) is 7.50. The maximum Gasteiger partial charge on any atom is 0.131 e. The fourth-order valence-corrected chi connectivity index (χ4v) is 4.03. The molecule has 142 valence electrons. The van der Waals surface area contributed by atoms with Gasteiger partial charge < -0.3 is 20.6 Å². The van der Waals surface area contributed by atoms with Gasteiger partial charge in [-0.25, -0.2) is 9.97 Å². The fourth-order valence-electron chi connectivity index (χ4n) is 4.03. The van der Waals surface area contributed by atoms with E-state index in [9.17, 15) is 0 Å². The summed E-state index contributed by atoms with van der Waals surface area (Å²) >= 11 is 0. The summed E-state index contributed by atoms with van der Waals surface area (Å²) in [5.41, 5.74) is 10.2. The first-order valence-corrected chi connectivity index (χ1v) is 9.27. The molecule has 2 aromatic rings. The second-order valence-electron chi connectivity index (χ2n) is 7.50. The predicted octanol–water partition coefficient (Wildman–Crippen LogP) is 2.50. The van der Waals surface area contributed by atoms with Crippen molar-refractivity contribution in [3.8, 4) is 17.0 Å².